The molecular formula is C9H7ClN2OS. The molecule has 3 N–H and O–H groups in total. The number of hydrogen-bond acceptors (Lipinski definition) is 4. The lowest BCUT2D eigenvalue weighted by atomic mass is 10.1. The highest BCUT2D eigenvalue weighted by molar-refractivity contribution is 7.19. The fourth-order valence-corrected chi connectivity index (χ4v) is 2.08. The summed E-state index contributed by atoms with van der Waals surface area (Å²) in [6.07, 6.45) is 0. The number of nitrogen functional groups attached to an aromatic ring is 1. The first-order chi connectivity index (χ1) is 6.66. The fraction of sp³-hybridized carbons (Fsp3) is 0. The van der Waals surface area contributed by atoms with Crippen molar-refractivity contribution in [2.45, 2.75) is 0 Å². The van der Waals surface area contributed by atoms with E-state index in [1.54, 1.807) is 18.2 Å². The number of nitrogens with two attached hydrogens (primary N) is 1. The first kappa shape index (κ1) is 9.30. The van der Waals surface area contributed by atoms with Crippen LogP contribution in [0.3, 0.4) is 0 Å². The van der Waals surface area contributed by atoms with Crippen LogP contribution in [0.15, 0.2) is 24.3 Å². The SMILES string of the molecule is Nc1sc(Cl)nc1-c1cccc(O)c1. The van der Waals surface area contributed by atoms with Crippen molar-refractivity contribution in [1.82, 2.24) is 4.98 Å². The average Bonchev–Trinajstić information content (AvgIpc) is 2.45. The van der Waals surface area contributed by atoms with E-state index >= 15 is 0 Å². The third kappa shape index (κ3) is 1.66. The molecule has 1 aromatic heterocycles. The Bertz CT molecular complexity index is 470. The molecule has 0 atom stereocenters. The largest absolute Gasteiger partial charge is 0.508 e. The summed E-state index contributed by atoms with van der Waals surface area (Å²) in [6.45, 7) is 0. The van der Waals surface area contributed by atoms with Gasteiger partial charge in [0.25, 0.3) is 0 Å². The topological polar surface area (TPSA) is 59.1 Å². The molecule has 0 aliphatic heterocycles. The Balaban J connectivity index is 2.54. The first-order valence-electron chi connectivity index (χ1n) is 3.88. The molecule has 3 nitrogen and oxygen atoms in total. The molecule has 0 aliphatic rings. The molecule has 2 aromatic rings. The van der Waals surface area contributed by atoms with Crippen molar-refractivity contribution in [1.29, 1.82) is 0 Å². The normalized spacial score (nSPS) is 10.4. The smallest absolute Gasteiger partial charge is 0.186 e. The van der Waals surface area contributed by atoms with Crippen LogP contribution in [0.4, 0.5) is 5.00 Å². The number of aromatic nitrogens is 1. The highest BCUT2D eigenvalue weighted by Crippen LogP contribution is 2.33. The van der Waals surface area contributed by atoms with Crippen molar-refractivity contribution in [3.05, 3.63) is 28.7 Å². The number of phenolic OH excluding ortho intramolecular Hbond substituents is 1. The van der Waals surface area contributed by atoms with Crippen LogP contribution < -0.4 is 5.73 Å². The molecule has 1 heterocycles. The van der Waals surface area contributed by atoms with E-state index in [9.17, 15) is 5.11 Å². The van der Waals surface area contributed by atoms with Crippen molar-refractivity contribution in [2.75, 3.05) is 5.73 Å². The highest BCUT2D eigenvalue weighted by Gasteiger charge is 2.09. The minimum absolute atomic E-state index is 0.186. The van der Waals surface area contributed by atoms with Gasteiger partial charge in [0.15, 0.2) is 4.47 Å². The van der Waals surface area contributed by atoms with Crippen LogP contribution in [0.25, 0.3) is 11.3 Å². The van der Waals surface area contributed by atoms with Gasteiger partial charge in [-0.05, 0) is 12.1 Å². The second-order valence-electron chi connectivity index (χ2n) is 2.73. The number of anilines is 1. The van der Waals surface area contributed by atoms with Crippen LogP contribution in [0.2, 0.25) is 4.47 Å². The number of rotatable bonds is 1. The molecule has 0 fully saturated rings. The second kappa shape index (κ2) is 3.48. The van der Waals surface area contributed by atoms with Gasteiger partial charge in [-0.15, -0.1) is 0 Å². The molecule has 0 saturated heterocycles. The summed E-state index contributed by atoms with van der Waals surface area (Å²) in [5, 5.41) is 9.83. The Labute approximate surface area is 89.8 Å². The Morgan fingerprint density at radius 1 is 1.43 bits per heavy atom. The Kier molecular flexibility index (Phi) is 2.31. The summed E-state index contributed by atoms with van der Waals surface area (Å²) in [4.78, 5) is 4.07. The highest BCUT2D eigenvalue weighted by atomic mass is 35.5. The maximum absolute atomic E-state index is 9.27. The van der Waals surface area contributed by atoms with E-state index < -0.39 is 0 Å². The van der Waals surface area contributed by atoms with Crippen molar-refractivity contribution in [3.63, 3.8) is 0 Å². The quantitative estimate of drug-likeness (QED) is 0.786. The monoisotopic (exact) mass is 226 g/mol. The number of benzene rings is 1. The minimum atomic E-state index is 0.186. The van der Waals surface area contributed by atoms with Crippen molar-refractivity contribution in [2.24, 2.45) is 0 Å². The van der Waals surface area contributed by atoms with Crippen molar-refractivity contribution in [3.8, 4) is 17.0 Å². The fourth-order valence-electron chi connectivity index (χ4n) is 1.16. The van der Waals surface area contributed by atoms with Crippen molar-refractivity contribution < 1.29 is 5.11 Å². The molecule has 5 heteroatoms. The lowest BCUT2D eigenvalue weighted by Crippen LogP contribution is -1.85. The lowest BCUT2D eigenvalue weighted by Gasteiger charge is -1.98. The Morgan fingerprint density at radius 3 is 2.79 bits per heavy atom. The third-order valence-electron chi connectivity index (χ3n) is 1.75. The summed E-state index contributed by atoms with van der Waals surface area (Å²) in [7, 11) is 0. The molecule has 72 valence electrons. The van der Waals surface area contributed by atoms with Gasteiger partial charge in [0.05, 0.1) is 0 Å². The molecule has 0 unspecified atom stereocenters. The van der Waals surface area contributed by atoms with Crippen molar-refractivity contribution >= 4 is 27.9 Å². The molecular weight excluding hydrogens is 220 g/mol. The molecule has 0 spiro atoms. The van der Waals surface area contributed by atoms with Gasteiger partial charge in [0.1, 0.15) is 16.4 Å². The first-order valence-corrected chi connectivity index (χ1v) is 5.07. The van der Waals surface area contributed by atoms with Crippen LogP contribution in [0.5, 0.6) is 5.75 Å². The van der Waals surface area contributed by atoms with Crippen LogP contribution in [0.1, 0.15) is 0 Å². The van der Waals surface area contributed by atoms with Gasteiger partial charge in [0.2, 0.25) is 0 Å². The van der Waals surface area contributed by atoms with Gasteiger partial charge in [-0.1, -0.05) is 35.1 Å². The number of hydrogen-bond donors (Lipinski definition) is 2. The zero-order valence-electron chi connectivity index (χ0n) is 7.07. The van der Waals surface area contributed by atoms with Gasteiger partial charge in [-0.2, -0.15) is 0 Å². The maximum atomic E-state index is 9.27. The van der Waals surface area contributed by atoms with E-state index in [0.29, 0.717) is 15.2 Å². The van der Waals surface area contributed by atoms with Gasteiger partial charge in [-0.3, -0.25) is 0 Å². The zero-order chi connectivity index (χ0) is 10.1. The molecule has 0 bridgehead atoms. The van der Waals surface area contributed by atoms with Gasteiger partial charge in [0, 0.05) is 5.56 Å². The van der Waals surface area contributed by atoms with E-state index in [1.165, 1.54) is 11.3 Å². The number of phenols is 1. The average molecular weight is 227 g/mol. The predicted octanol–water partition coefficient (Wildman–Crippen LogP) is 2.75. The standard InChI is InChI=1S/C9H7ClN2OS/c10-9-12-7(8(11)14-9)5-2-1-3-6(13)4-5/h1-4,13H,11H2. The predicted molar refractivity (Wildman–Crippen MR) is 58.6 cm³/mol. The molecule has 2 rings (SSSR count). The van der Waals surface area contributed by atoms with Crippen LogP contribution >= 0.6 is 22.9 Å². The zero-order valence-corrected chi connectivity index (χ0v) is 8.64. The van der Waals surface area contributed by atoms with Crippen LogP contribution in [-0.2, 0) is 0 Å². The number of nitrogens with zero attached hydrogens (tertiary/aromatic N) is 1. The molecule has 0 saturated carbocycles. The van der Waals surface area contributed by atoms with E-state index in [2.05, 4.69) is 4.98 Å². The van der Waals surface area contributed by atoms with E-state index in [0.717, 1.165) is 5.56 Å². The van der Waals surface area contributed by atoms with E-state index in [-0.39, 0.29) is 5.75 Å². The summed E-state index contributed by atoms with van der Waals surface area (Å²) in [6, 6.07) is 6.74. The summed E-state index contributed by atoms with van der Waals surface area (Å²) in [5.41, 5.74) is 7.10. The Hall–Kier alpha value is -1.26. The molecule has 0 radical (unpaired) electrons. The number of halogens is 1. The van der Waals surface area contributed by atoms with E-state index in [1.807, 2.05) is 6.07 Å². The Morgan fingerprint density at radius 2 is 2.21 bits per heavy atom. The van der Waals surface area contributed by atoms with E-state index in [4.69, 9.17) is 17.3 Å². The third-order valence-corrected chi connectivity index (χ3v) is 2.74. The van der Waals surface area contributed by atoms with Crippen LogP contribution in [0, 0.1) is 0 Å². The molecule has 0 aliphatic carbocycles. The summed E-state index contributed by atoms with van der Waals surface area (Å²) in [5.74, 6) is 0.186. The van der Waals surface area contributed by atoms with Gasteiger partial charge < -0.3 is 10.8 Å². The van der Waals surface area contributed by atoms with Gasteiger partial charge >= 0.3 is 0 Å². The molecule has 14 heavy (non-hydrogen) atoms. The summed E-state index contributed by atoms with van der Waals surface area (Å²) < 4.78 is 0.404. The molecule has 0 amide bonds. The van der Waals surface area contributed by atoms with Crippen LogP contribution in [-0.4, -0.2) is 10.1 Å². The minimum Gasteiger partial charge on any atom is -0.508 e. The lowest BCUT2D eigenvalue weighted by molar-refractivity contribution is 0.475. The summed E-state index contributed by atoms with van der Waals surface area (Å²) >= 11 is 6.94. The molecule has 1 aromatic carbocycles. The number of thiazole rings is 1. The number of aromatic hydroxyl groups is 1. The second-order valence-corrected chi connectivity index (χ2v) is 4.34. The van der Waals surface area contributed by atoms with Gasteiger partial charge in [-0.25, -0.2) is 4.98 Å². The maximum Gasteiger partial charge on any atom is 0.186 e.